The Morgan fingerprint density at radius 1 is 1.38 bits per heavy atom. The van der Waals surface area contributed by atoms with E-state index in [1.807, 2.05) is 12.2 Å². The molecule has 1 aliphatic rings. The highest BCUT2D eigenvalue weighted by atomic mass is 16.5. The molecule has 1 nitrogen and oxygen atoms in total. The fourth-order valence-corrected chi connectivity index (χ4v) is 2.01. The standard InChI is InChI=1S/C15H18O/c1-2-3-4-5-7-13-9-10-15-14(12-13)8-6-11-16-15/h2-4,9-10,12H,1,5-8,11H2. The summed E-state index contributed by atoms with van der Waals surface area (Å²) in [6.45, 7) is 4.53. The second-order valence-electron chi connectivity index (χ2n) is 4.10. The molecule has 0 saturated carbocycles. The molecule has 1 aromatic carbocycles. The van der Waals surface area contributed by atoms with Gasteiger partial charge in [-0.3, -0.25) is 0 Å². The average molecular weight is 214 g/mol. The Hall–Kier alpha value is -1.50. The van der Waals surface area contributed by atoms with E-state index < -0.39 is 0 Å². The summed E-state index contributed by atoms with van der Waals surface area (Å²) < 4.78 is 5.59. The van der Waals surface area contributed by atoms with Crippen molar-refractivity contribution >= 4 is 0 Å². The number of aryl methyl sites for hydroxylation is 2. The SMILES string of the molecule is C=CC=CCCc1ccc2c(c1)CCCO2. The molecule has 0 aliphatic carbocycles. The molecule has 0 amide bonds. The fourth-order valence-electron chi connectivity index (χ4n) is 2.01. The Morgan fingerprint density at radius 2 is 2.31 bits per heavy atom. The van der Waals surface area contributed by atoms with Crippen LogP contribution in [0.3, 0.4) is 0 Å². The van der Waals surface area contributed by atoms with Crippen molar-refractivity contribution in [3.63, 3.8) is 0 Å². The Kier molecular flexibility index (Phi) is 3.81. The van der Waals surface area contributed by atoms with Crippen LogP contribution in [0, 0.1) is 0 Å². The Labute approximate surface area is 97.4 Å². The largest absolute Gasteiger partial charge is 0.493 e. The Bertz CT molecular complexity index is 390. The quantitative estimate of drug-likeness (QED) is 0.695. The van der Waals surface area contributed by atoms with Crippen molar-refractivity contribution in [2.45, 2.75) is 25.7 Å². The van der Waals surface area contributed by atoms with Crippen LogP contribution in [0.4, 0.5) is 0 Å². The number of allylic oxidation sites excluding steroid dienone is 3. The lowest BCUT2D eigenvalue weighted by molar-refractivity contribution is 0.288. The zero-order chi connectivity index (χ0) is 11.2. The van der Waals surface area contributed by atoms with Crippen LogP contribution in [0.1, 0.15) is 24.0 Å². The van der Waals surface area contributed by atoms with Crippen LogP contribution in [0.2, 0.25) is 0 Å². The third-order valence-corrected chi connectivity index (χ3v) is 2.84. The molecule has 2 rings (SSSR count). The van der Waals surface area contributed by atoms with E-state index in [0.29, 0.717) is 0 Å². The summed E-state index contributed by atoms with van der Waals surface area (Å²) in [5.41, 5.74) is 2.77. The van der Waals surface area contributed by atoms with E-state index in [4.69, 9.17) is 4.74 Å². The van der Waals surface area contributed by atoms with Gasteiger partial charge < -0.3 is 4.74 Å². The van der Waals surface area contributed by atoms with Gasteiger partial charge in [-0.2, -0.15) is 0 Å². The summed E-state index contributed by atoms with van der Waals surface area (Å²) in [7, 11) is 0. The van der Waals surface area contributed by atoms with Gasteiger partial charge in [0.25, 0.3) is 0 Å². The third kappa shape index (κ3) is 2.75. The fraction of sp³-hybridized carbons (Fsp3) is 0.333. The van der Waals surface area contributed by atoms with Gasteiger partial charge in [-0.25, -0.2) is 0 Å². The minimum Gasteiger partial charge on any atom is -0.493 e. The van der Waals surface area contributed by atoms with Crippen molar-refractivity contribution < 1.29 is 4.74 Å². The minimum atomic E-state index is 0.869. The number of ether oxygens (including phenoxy) is 1. The Balaban J connectivity index is 2.00. The molecular weight excluding hydrogens is 196 g/mol. The summed E-state index contributed by atoms with van der Waals surface area (Å²) in [6, 6.07) is 6.57. The van der Waals surface area contributed by atoms with Crippen molar-refractivity contribution in [2.75, 3.05) is 6.61 Å². The van der Waals surface area contributed by atoms with Crippen molar-refractivity contribution in [2.24, 2.45) is 0 Å². The normalized spacial score (nSPS) is 14.5. The van der Waals surface area contributed by atoms with E-state index >= 15 is 0 Å². The van der Waals surface area contributed by atoms with Gasteiger partial charge in [0, 0.05) is 0 Å². The topological polar surface area (TPSA) is 9.23 Å². The summed E-state index contributed by atoms with van der Waals surface area (Å²) in [5.74, 6) is 1.08. The van der Waals surface area contributed by atoms with Gasteiger partial charge in [-0.05, 0) is 42.9 Å². The molecule has 1 aromatic rings. The first-order valence-electron chi connectivity index (χ1n) is 5.92. The molecule has 0 bridgehead atoms. The molecule has 0 N–H and O–H groups in total. The summed E-state index contributed by atoms with van der Waals surface area (Å²) in [5, 5.41) is 0. The predicted octanol–water partition coefficient (Wildman–Crippen LogP) is 3.69. The predicted molar refractivity (Wildman–Crippen MR) is 67.9 cm³/mol. The molecule has 0 radical (unpaired) electrons. The number of hydrogen-bond donors (Lipinski definition) is 0. The first-order chi connectivity index (χ1) is 7.90. The van der Waals surface area contributed by atoms with E-state index in [-0.39, 0.29) is 0 Å². The second-order valence-corrected chi connectivity index (χ2v) is 4.10. The molecule has 0 atom stereocenters. The zero-order valence-corrected chi connectivity index (χ0v) is 9.61. The maximum Gasteiger partial charge on any atom is 0.122 e. The highest BCUT2D eigenvalue weighted by Crippen LogP contribution is 2.25. The first kappa shape index (κ1) is 11.0. The zero-order valence-electron chi connectivity index (χ0n) is 9.61. The molecule has 0 saturated heterocycles. The number of hydrogen-bond acceptors (Lipinski definition) is 1. The number of benzene rings is 1. The van der Waals surface area contributed by atoms with E-state index in [0.717, 1.165) is 38.0 Å². The van der Waals surface area contributed by atoms with Gasteiger partial charge in [0.15, 0.2) is 0 Å². The van der Waals surface area contributed by atoms with Crippen LogP contribution in [0.5, 0.6) is 5.75 Å². The van der Waals surface area contributed by atoms with Crippen LogP contribution >= 0.6 is 0 Å². The van der Waals surface area contributed by atoms with Gasteiger partial charge in [0.05, 0.1) is 6.61 Å². The van der Waals surface area contributed by atoms with Gasteiger partial charge in [-0.1, -0.05) is 36.9 Å². The monoisotopic (exact) mass is 214 g/mol. The van der Waals surface area contributed by atoms with Crippen molar-refractivity contribution in [3.8, 4) is 5.75 Å². The van der Waals surface area contributed by atoms with E-state index in [1.165, 1.54) is 11.1 Å². The third-order valence-electron chi connectivity index (χ3n) is 2.84. The maximum atomic E-state index is 5.59. The van der Waals surface area contributed by atoms with Gasteiger partial charge >= 0.3 is 0 Å². The summed E-state index contributed by atoms with van der Waals surface area (Å²) in [6.07, 6.45) is 10.5. The van der Waals surface area contributed by atoms with E-state index in [9.17, 15) is 0 Å². The molecule has 0 unspecified atom stereocenters. The maximum absolute atomic E-state index is 5.59. The molecule has 1 heterocycles. The molecule has 1 heteroatoms. The number of fused-ring (bicyclic) bond motifs is 1. The highest BCUT2D eigenvalue weighted by Gasteiger charge is 2.09. The lowest BCUT2D eigenvalue weighted by Gasteiger charge is -2.17. The van der Waals surface area contributed by atoms with Crippen LogP contribution in [0.15, 0.2) is 43.0 Å². The van der Waals surface area contributed by atoms with Crippen molar-refractivity contribution in [1.29, 1.82) is 0 Å². The molecule has 0 aromatic heterocycles. The van der Waals surface area contributed by atoms with Crippen molar-refractivity contribution in [1.82, 2.24) is 0 Å². The lowest BCUT2D eigenvalue weighted by Crippen LogP contribution is -2.08. The van der Waals surface area contributed by atoms with Gasteiger partial charge in [-0.15, -0.1) is 0 Å². The molecule has 1 aliphatic heterocycles. The smallest absolute Gasteiger partial charge is 0.122 e. The van der Waals surface area contributed by atoms with E-state index in [2.05, 4.69) is 30.9 Å². The van der Waals surface area contributed by atoms with E-state index in [1.54, 1.807) is 0 Å². The molecule has 0 fully saturated rings. The van der Waals surface area contributed by atoms with Gasteiger partial charge in [0.2, 0.25) is 0 Å². The van der Waals surface area contributed by atoms with Gasteiger partial charge in [0.1, 0.15) is 5.75 Å². The Morgan fingerprint density at radius 3 is 3.19 bits per heavy atom. The van der Waals surface area contributed by atoms with Crippen LogP contribution < -0.4 is 4.74 Å². The van der Waals surface area contributed by atoms with Crippen LogP contribution in [0.25, 0.3) is 0 Å². The molecule has 16 heavy (non-hydrogen) atoms. The number of rotatable bonds is 4. The van der Waals surface area contributed by atoms with Crippen molar-refractivity contribution in [3.05, 3.63) is 54.1 Å². The molecule has 0 spiro atoms. The lowest BCUT2D eigenvalue weighted by atomic mass is 10.0. The van der Waals surface area contributed by atoms with Crippen LogP contribution in [-0.2, 0) is 12.8 Å². The summed E-state index contributed by atoms with van der Waals surface area (Å²) >= 11 is 0. The van der Waals surface area contributed by atoms with Crippen LogP contribution in [-0.4, -0.2) is 6.61 Å². The molecule has 84 valence electrons. The highest BCUT2D eigenvalue weighted by molar-refractivity contribution is 5.38. The summed E-state index contributed by atoms with van der Waals surface area (Å²) in [4.78, 5) is 0. The molecular formula is C15H18O. The first-order valence-corrected chi connectivity index (χ1v) is 5.92. The average Bonchev–Trinajstić information content (AvgIpc) is 2.34. The minimum absolute atomic E-state index is 0.869. The second kappa shape index (κ2) is 5.55.